The molecule has 25 heavy (non-hydrogen) atoms. The summed E-state index contributed by atoms with van der Waals surface area (Å²) in [4.78, 5) is 12.4. The normalized spacial score (nSPS) is 10.7. The molecule has 1 heterocycles. The maximum absolute atomic E-state index is 12.4. The van der Waals surface area contributed by atoms with Gasteiger partial charge in [-0.3, -0.25) is 4.79 Å². The highest BCUT2D eigenvalue weighted by molar-refractivity contribution is 6.03. The molecule has 0 radical (unpaired) electrons. The van der Waals surface area contributed by atoms with Gasteiger partial charge in [0.2, 0.25) is 0 Å². The Morgan fingerprint density at radius 2 is 1.76 bits per heavy atom. The van der Waals surface area contributed by atoms with Crippen molar-refractivity contribution >= 4 is 11.6 Å². The zero-order valence-electron chi connectivity index (χ0n) is 14.4. The maximum atomic E-state index is 12.4. The highest BCUT2D eigenvalue weighted by Gasteiger charge is 2.14. The summed E-state index contributed by atoms with van der Waals surface area (Å²) in [6.45, 7) is 3.94. The van der Waals surface area contributed by atoms with Crippen LogP contribution in [0.15, 0.2) is 59.0 Å². The number of furan rings is 1. The van der Waals surface area contributed by atoms with Crippen LogP contribution in [-0.2, 0) is 13.0 Å². The van der Waals surface area contributed by atoms with Crippen LogP contribution in [0.4, 0.5) is 5.69 Å². The van der Waals surface area contributed by atoms with Crippen molar-refractivity contribution in [2.24, 2.45) is 0 Å². The first-order valence-corrected chi connectivity index (χ1v) is 8.31. The molecule has 2 N–H and O–H groups in total. The number of anilines is 1. The minimum atomic E-state index is -0.311. The van der Waals surface area contributed by atoms with Crippen LogP contribution in [0.5, 0.6) is 0 Å². The van der Waals surface area contributed by atoms with E-state index in [9.17, 15) is 9.90 Å². The van der Waals surface area contributed by atoms with Gasteiger partial charge >= 0.3 is 0 Å². The first-order chi connectivity index (χ1) is 12.1. The average molecular weight is 335 g/mol. The van der Waals surface area contributed by atoms with Crippen LogP contribution < -0.4 is 5.32 Å². The summed E-state index contributed by atoms with van der Waals surface area (Å²) in [7, 11) is 0. The molecule has 128 valence electrons. The van der Waals surface area contributed by atoms with Gasteiger partial charge in [-0.25, -0.2) is 0 Å². The van der Waals surface area contributed by atoms with E-state index in [0.717, 1.165) is 23.1 Å². The molecule has 1 aromatic heterocycles. The van der Waals surface area contributed by atoms with Gasteiger partial charge in [-0.1, -0.05) is 43.3 Å². The van der Waals surface area contributed by atoms with E-state index in [1.165, 1.54) is 5.56 Å². The van der Waals surface area contributed by atoms with Crippen molar-refractivity contribution in [3.05, 3.63) is 77.0 Å². The summed E-state index contributed by atoms with van der Waals surface area (Å²) in [5.41, 5.74) is 4.54. The Kier molecular flexibility index (Phi) is 5.00. The highest BCUT2D eigenvalue weighted by Crippen LogP contribution is 2.24. The Morgan fingerprint density at radius 3 is 2.44 bits per heavy atom. The molecule has 0 saturated heterocycles. The number of aliphatic hydroxyl groups is 1. The second-order valence-corrected chi connectivity index (χ2v) is 5.98. The molecule has 0 fully saturated rings. The van der Waals surface area contributed by atoms with E-state index in [-0.39, 0.29) is 18.3 Å². The number of carbonyl (C=O) groups is 1. The van der Waals surface area contributed by atoms with Crippen molar-refractivity contribution in [2.45, 2.75) is 26.9 Å². The zero-order valence-corrected chi connectivity index (χ0v) is 14.4. The van der Waals surface area contributed by atoms with E-state index in [2.05, 4.69) is 24.4 Å². The summed E-state index contributed by atoms with van der Waals surface area (Å²) in [5, 5.41) is 12.1. The van der Waals surface area contributed by atoms with Gasteiger partial charge in [-0.05, 0) is 48.2 Å². The lowest BCUT2D eigenvalue weighted by atomic mass is 10.1. The molecule has 0 aliphatic rings. The predicted molar refractivity (Wildman–Crippen MR) is 98.6 cm³/mol. The van der Waals surface area contributed by atoms with E-state index in [1.54, 1.807) is 18.2 Å². The molecular formula is C21H21NO3. The fraction of sp³-hybridized carbons (Fsp3) is 0.190. The Labute approximate surface area is 147 Å². The molecule has 3 aromatic rings. The second-order valence-electron chi connectivity index (χ2n) is 5.98. The highest BCUT2D eigenvalue weighted by atomic mass is 16.3. The molecule has 2 aromatic carbocycles. The fourth-order valence-corrected chi connectivity index (χ4v) is 2.61. The van der Waals surface area contributed by atoms with Gasteiger partial charge in [-0.15, -0.1) is 0 Å². The van der Waals surface area contributed by atoms with Gasteiger partial charge in [0, 0.05) is 11.3 Å². The van der Waals surface area contributed by atoms with Crippen molar-refractivity contribution in [3.63, 3.8) is 0 Å². The zero-order chi connectivity index (χ0) is 17.8. The van der Waals surface area contributed by atoms with Crippen molar-refractivity contribution < 1.29 is 14.3 Å². The SMILES string of the molecule is CCc1ccc(-c2ccc(C(=O)Nc3cc(CO)ccc3C)o2)cc1. The van der Waals surface area contributed by atoms with E-state index >= 15 is 0 Å². The molecule has 3 rings (SSSR count). The molecule has 0 aliphatic carbocycles. The van der Waals surface area contributed by atoms with Gasteiger partial charge in [0.15, 0.2) is 5.76 Å². The quantitative estimate of drug-likeness (QED) is 0.718. The smallest absolute Gasteiger partial charge is 0.291 e. The molecule has 0 saturated carbocycles. The number of aryl methyl sites for hydroxylation is 2. The minimum absolute atomic E-state index is 0.0677. The van der Waals surface area contributed by atoms with Gasteiger partial charge in [0.05, 0.1) is 6.61 Å². The monoisotopic (exact) mass is 335 g/mol. The number of aliphatic hydroxyl groups excluding tert-OH is 1. The number of hydrogen-bond donors (Lipinski definition) is 2. The van der Waals surface area contributed by atoms with Gasteiger partial charge < -0.3 is 14.8 Å². The molecule has 0 atom stereocenters. The summed E-state index contributed by atoms with van der Waals surface area (Å²) >= 11 is 0. The molecule has 0 unspecified atom stereocenters. The number of amides is 1. The van der Waals surface area contributed by atoms with Crippen LogP contribution >= 0.6 is 0 Å². The molecule has 0 spiro atoms. The van der Waals surface area contributed by atoms with Gasteiger partial charge in [-0.2, -0.15) is 0 Å². The fourth-order valence-electron chi connectivity index (χ4n) is 2.61. The second kappa shape index (κ2) is 7.36. The average Bonchev–Trinajstić information content (AvgIpc) is 3.14. The lowest BCUT2D eigenvalue weighted by Gasteiger charge is -2.08. The summed E-state index contributed by atoms with van der Waals surface area (Å²) in [5.74, 6) is 0.603. The Morgan fingerprint density at radius 1 is 1.04 bits per heavy atom. The summed E-state index contributed by atoms with van der Waals surface area (Å²) < 4.78 is 5.71. The van der Waals surface area contributed by atoms with Crippen molar-refractivity contribution in [1.29, 1.82) is 0 Å². The molecule has 4 nitrogen and oxygen atoms in total. The van der Waals surface area contributed by atoms with E-state index < -0.39 is 0 Å². The van der Waals surface area contributed by atoms with Crippen molar-refractivity contribution in [3.8, 4) is 11.3 Å². The van der Waals surface area contributed by atoms with Crippen LogP contribution in [-0.4, -0.2) is 11.0 Å². The first kappa shape index (κ1) is 17.0. The lowest BCUT2D eigenvalue weighted by molar-refractivity contribution is 0.0997. The van der Waals surface area contributed by atoms with E-state index in [4.69, 9.17) is 4.42 Å². The third-order valence-electron chi connectivity index (χ3n) is 4.21. The molecule has 4 heteroatoms. The van der Waals surface area contributed by atoms with Crippen LogP contribution in [0.3, 0.4) is 0 Å². The van der Waals surface area contributed by atoms with Crippen molar-refractivity contribution in [2.75, 3.05) is 5.32 Å². The van der Waals surface area contributed by atoms with Gasteiger partial charge in [0.1, 0.15) is 5.76 Å². The molecule has 0 aliphatic heterocycles. The maximum Gasteiger partial charge on any atom is 0.291 e. The topological polar surface area (TPSA) is 62.5 Å². The first-order valence-electron chi connectivity index (χ1n) is 8.31. The van der Waals surface area contributed by atoms with E-state index in [0.29, 0.717) is 11.4 Å². The number of benzene rings is 2. The third-order valence-corrected chi connectivity index (χ3v) is 4.21. The Balaban J connectivity index is 1.78. The molecular weight excluding hydrogens is 314 g/mol. The summed E-state index contributed by atoms with van der Waals surface area (Å²) in [6.07, 6.45) is 0.984. The lowest BCUT2D eigenvalue weighted by Crippen LogP contribution is -2.12. The Bertz CT molecular complexity index is 878. The minimum Gasteiger partial charge on any atom is -0.451 e. The van der Waals surface area contributed by atoms with Crippen LogP contribution in [0.25, 0.3) is 11.3 Å². The standard InChI is InChI=1S/C21H21NO3/c1-3-15-6-8-17(9-7-15)19-10-11-20(25-19)21(24)22-18-12-16(13-23)5-4-14(18)2/h4-12,23H,3,13H2,1-2H3,(H,22,24). The number of carbonyl (C=O) groups excluding carboxylic acids is 1. The van der Waals surface area contributed by atoms with E-state index in [1.807, 2.05) is 31.2 Å². The predicted octanol–water partition coefficient (Wildman–Crippen LogP) is 4.56. The summed E-state index contributed by atoms with van der Waals surface area (Å²) in [6, 6.07) is 17.0. The Hall–Kier alpha value is -2.85. The van der Waals surface area contributed by atoms with Crippen LogP contribution in [0, 0.1) is 6.92 Å². The third kappa shape index (κ3) is 3.80. The van der Waals surface area contributed by atoms with Crippen molar-refractivity contribution in [1.82, 2.24) is 0 Å². The molecule has 0 bridgehead atoms. The largest absolute Gasteiger partial charge is 0.451 e. The number of rotatable bonds is 5. The van der Waals surface area contributed by atoms with Crippen LogP contribution in [0.2, 0.25) is 0 Å². The number of hydrogen-bond acceptors (Lipinski definition) is 3. The molecule has 1 amide bonds. The number of nitrogens with one attached hydrogen (secondary N) is 1. The van der Waals surface area contributed by atoms with Gasteiger partial charge in [0.25, 0.3) is 5.91 Å². The van der Waals surface area contributed by atoms with Crippen LogP contribution in [0.1, 0.15) is 34.2 Å².